The summed E-state index contributed by atoms with van der Waals surface area (Å²) >= 11 is 5.24. The molecule has 2 N–H and O–H groups in total. The molecule has 0 bridgehead atoms. The van der Waals surface area contributed by atoms with Gasteiger partial charge in [-0.25, -0.2) is 4.98 Å². The highest BCUT2D eigenvalue weighted by atomic mass is 79.9. The normalized spacial score (nSPS) is 14.5. The fraction of sp³-hybridized carbons (Fsp3) is 0.211. The maximum atomic E-state index is 10.2. The molecule has 3 aromatic heterocycles. The van der Waals surface area contributed by atoms with E-state index in [0.29, 0.717) is 5.69 Å². The van der Waals surface area contributed by atoms with Gasteiger partial charge in [0.2, 0.25) is 5.88 Å². The first-order valence-electron chi connectivity index (χ1n) is 8.52. The third-order valence-electron chi connectivity index (χ3n) is 4.80. The number of nitrogens with one attached hydrogen (secondary N) is 1. The molecule has 3 heterocycles. The fourth-order valence-corrected chi connectivity index (χ4v) is 5.20. The maximum Gasteiger partial charge on any atom is 0.218 e. The molecule has 7 heteroatoms. The van der Waals surface area contributed by atoms with Gasteiger partial charge in [0.15, 0.2) is 5.69 Å². The lowest BCUT2D eigenvalue weighted by molar-refractivity contribution is 0.459. The molecule has 0 spiro atoms. The van der Waals surface area contributed by atoms with E-state index in [4.69, 9.17) is 0 Å². The number of azo groups is 1. The van der Waals surface area contributed by atoms with E-state index in [1.54, 1.807) is 17.5 Å². The Morgan fingerprint density at radius 2 is 2.04 bits per heavy atom. The molecule has 5 nitrogen and oxygen atoms in total. The van der Waals surface area contributed by atoms with E-state index in [1.165, 1.54) is 23.3 Å². The highest BCUT2D eigenvalue weighted by molar-refractivity contribution is 9.10. The molecule has 0 radical (unpaired) electrons. The molecule has 0 atom stereocenters. The third kappa shape index (κ3) is 2.54. The molecule has 26 heavy (non-hydrogen) atoms. The molecule has 5 rings (SSSR count). The maximum absolute atomic E-state index is 10.2. The zero-order valence-corrected chi connectivity index (χ0v) is 16.2. The van der Waals surface area contributed by atoms with Crippen molar-refractivity contribution in [2.45, 2.75) is 25.7 Å². The van der Waals surface area contributed by atoms with E-state index in [1.807, 2.05) is 24.3 Å². The van der Waals surface area contributed by atoms with Crippen molar-refractivity contribution >= 4 is 59.8 Å². The number of thiophene rings is 1. The fourth-order valence-electron chi connectivity index (χ4n) is 3.59. The number of hydrogen-bond acceptors (Lipinski definition) is 5. The Balaban J connectivity index is 1.65. The lowest BCUT2D eigenvalue weighted by Gasteiger charge is -2.10. The first-order chi connectivity index (χ1) is 12.7. The van der Waals surface area contributed by atoms with Gasteiger partial charge in [-0.3, -0.25) is 0 Å². The molecular formula is C19H15BrN4OS. The number of H-pyrrole nitrogens is 1. The first-order valence-corrected chi connectivity index (χ1v) is 10.1. The predicted octanol–water partition coefficient (Wildman–Crippen LogP) is 6.54. The van der Waals surface area contributed by atoms with Crippen molar-refractivity contribution < 1.29 is 5.11 Å². The van der Waals surface area contributed by atoms with E-state index in [-0.39, 0.29) is 5.88 Å². The second-order valence-electron chi connectivity index (χ2n) is 6.43. The van der Waals surface area contributed by atoms with E-state index in [0.717, 1.165) is 44.1 Å². The lowest BCUT2D eigenvalue weighted by Crippen LogP contribution is -1.97. The monoisotopic (exact) mass is 426 g/mol. The van der Waals surface area contributed by atoms with Gasteiger partial charge in [-0.2, -0.15) is 0 Å². The number of aryl methyl sites for hydroxylation is 2. The van der Waals surface area contributed by atoms with E-state index >= 15 is 0 Å². The van der Waals surface area contributed by atoms with E-state index in [2.05, 4.69) is 36.1 Å². The molecule has 130 valence electrons. The van der Waals surface area contributed by atoms with Crippen LogP contribution < -0.4 is 0 Å². The zero-order valence-electron chi connectivity index (χ0n) is 13.8. The second-order valence-corrected chi connectivity index (χ2v) is 8.43. The average Bonchev–Trinajstić information content (AvgIpc) is 3.17. The molecule has 0 saturated carbocycles. The Kier molecular flexibility index (Phi) is 3.79. The Morgan fingerprint density at radius 1 is 1.15 bits per heavy atom. The van der Waals surface area contributed by atoms with Crippen molar-refractivity contribution in [3.63, 3.8) is 0 Å². The first kappa shape index (κ1) is 16.0. The Morgan fingerprint density at radius 3 is 2.96 bits per heavy atom. The van der Waals surface area contributed by atoms with E-state index in [9.17, 15) is 5.11 Å². The van der Waals surface area contributed by atoms with Crippen LogP contribution in [0.5, 0.6) is 5.88 Å². The number of pyridine rings is 1. The Bertz CT molecular complexity index is 1180. The number of rotatable bonds is 2. The van der Waals surface area contributed by atoms with Gasteiger partial charge in [-0.05, 0) is 55.5 Å². The summed E-state index contributed by atoms with van der Waals surface area (Å²) in [6.07, 6.45) is 6.44. The quantitative estimate of drug-likeness (QED) is 0.357. The number of aromatic nitrogens is 2. The Hall–Kier alpha value is -2.25. The van der Waals surface area contributed by atoms with Crippen LogP contribution in [-0.2, 0) is 12.8 Å². The molecule has 1 aromatic carbocycles. The van der Waals surface area contributed by atoms with Gasteiger partial charge in [0.1, 0.15) is 4.83 Å². The second kappa shape index (κ2) is 6.17. The number of aromatic hydroxyl groups is 1. The number of fused-ring (bicyclic) bond motifs is 4. The van der Waals surface area contributed by atoms with Crippen LogP contribution in [0.15, 0.2) is 45.2 Å². The van der Waals surface area contributed by atoms with Gasteiger partial charge >= 0.3 is 0 Å². The topological polar surface area (TPSA) is 73.6 Å². The van der Waals surface area contributed by atoms with Crippen LogP contribution in [0.4, 0.5) is 11.4 Å². The average molecular weight is 427 g/mol. The largest absolute Gasteiger partial charge is 0.493 e. The zero-order chi connectivity index (χ0) is 17.7. The number of nitrogens with zero attached hydrogens (tertiary/aromatic N) is 3. The van der Waals surface area contributed by atoms with Crippen LogP contribution in [0.1, 0.15) is 23.3 Å². The number of benzene rings is 1. The number of aromatic amines is 1. The molecule has 0 saturated heterocycles. The summed E-state index contributed by atoms with van der Waals surface area (Å²) in [7, 11) is 0. The smallest absolute Gasteiger partial charge is 0.218 e. The van der Waals surface area contributed by atoms with Crippen molar-refractivity contribution in [2.24, 2.45) is 10.2 Å². The molecule has 0 aliphatic heterocycles. The standard InChI is InChI=1S/C19H15BrN4OS/c20-10-5-6-13-12(9-10)17(18(25)22-13)24-23-14-7-8-21-19-16(14)11-3-1-2-4-15(11)26-19/h5-9,22,25H,1-4H2. The van der Waals surface area contributed by atoms with Crippen molar-refractivity contribution in [2.75, 3.05) is 0 Å². The van der Waals surface area contributed by atoms with Crippen molar-refractivity contribution in [3.8, 4) is 5.88 Å². The van der Waals surface area contributed by atoms with Crippen LogP contribution in [0.25, 0.3) is 21.1 Å². The van der Waals surface area contributed by atoms with Crippen LogP contribution in [0.3, 0.4) is 0 Å². The van der Waals surface area contributed by atoms with Crippen molar-refractivity contribution in [3.05, 3.63) is 45.4 Å². The van der Waals surface area contributed by atoms with Gasteiger partial charge in [0.25, 0.3) is 0 Å². The SMILES string of the molecule is Oc1[nH]c2ccc(Br)cc2c1N=Nc1ccnc2sc3c(c12)CCCC3. The van der Waals surface area contributed by atoms with Gasteiger partial charge in [0.05, 0.1) is 11.2 Å². The Labute approximate surface area is 161 Å². The minimum Gasteiger partial charge on any atom is -0.493 e. The number of halogens is 1. The molecule has 0 amide bonds. The molecule has 4 aromatic rings. The molecule has 1 aliphatic rings. The van der Waals surface area contributed by atoms with Gasteiger partial charge in [-0.1, -0.05) is 15.9 Å². The summed E-state index contributed by atoms with van der Waals surface area (Å²) in [5, 5.41) is 21.1. The predicted molar refractivity (Wildman–Crippen MR) is 108 cm³/mol. The molecule has 0 unspecified atom stereocenters. The summed E-state index contributed by atoms with van der Waals surface area (Å²) in [5.41, 5.74) is 3.48. The minimum atomic E-state index is 0.0273. The van der Waals surface area contributed by atoms with E-state index < -0.39 is 0 Å². The lowest BCUT2D eigenvalue weighted by atomic mass is 9.96. The highest BCUT2D eigenvalue weighted by Crippen LogP contribution is 2.42. The van der Waals surface area contributed by atoms with Crippen molar-refractivity contribution in [1.29, 1.82) is 0 Å². The molecule has 0 fully saturated rings. The van der Waals surface area contributed by atoms with Gasteiger partial charge in [0, 0.05) is 26.3 Å². The summed E-state index contributed by atoms with van der Waals surface area (Å²) in [6.45, 7) is 0. The summed E-state index contributed by atoms with van der Waals surface area (Å²) in [6, 6.07) is 7.64. The van der Waals surface area contributed by atoms with Crippen molar-refractivity contribution in [1.82, 2.24) is 9.97 Å². The summed E-state index contributed by atoms with van der Waals surface area (Å²) < 4.78 is 0.929. The molecule has 1 aliphatic carbocycles. The van der Waals surface area contributed by atoms with Crippen LogP contribution in [0, 0.1) is 0 Å². The summed E-state index contributed by atoms with van der Waals surface area (Å²) in [4.78, 5) is 9.93. The van der Waals surface area contributed by atoms with Gasteiger partial charge < -0.3 is 10.1 Å². The third-order valence-corrected chi connectivity index (χ3v) is 6.50. The van der Waals surface area contributed by atoms with Crippen LogP contribution in [-0.4, -0.2) is 15.1 Å². The molecular weight excluding hydrogens is 412 g/mol. The highest BCUT2D eigenvalue weighted by Gasteiger charge is 2.19. The minimum absolute atomic E-state index is 0.0273. The van der Waals surface area contributed by atoms with Gasteiger partial charge in [-0.15, -0.1) is 21.6 Å². The summed E-state index contributed by atoms with van der Waals surface area (Å²) in [5.74, 6) is 0.0273. The number of hydrogen-bond donors (Lipinski definition) is 2. The van der Waals surface area contributed by atoms with Crippen LogP contribution >= 0.6 is 27.3 Å². The van der Waals surface area contributed by atoms with Crippen LogP contribution in [0.2, 0.25) is 0 Å².